The molecular formula is C22H32N2O4SeSi. The summed E-state index contributed by atoms with van der Waals surface area (Å²) in [6.07, 6.45) is 2.94. The number of aromatic nitrogens is 2. The van der Waals surface area contributed by atoms with E-state index in [0.29, 0.717) is 6.61 Å². The Balaban J connectivity index is 1.80. The second kappa shape index (κ2) is 9.36. The van der Waals surface area contributed by atoms with Gasteiger partial charge in [0.15, 0.2) is 0 Å². The zero-order valence-electron chi connectivity index (χ0n) is 18.4. The van der Waals surface area contributed by atoms with Gasteiger partial charge in [0.05, 0.1) is 0 Å². The third-order valence-corrected chi connectivity index (χ3v) is 13.3. The second-order valence-electron chi connectivity index (χ2n) is 9.28. The molecule has 3 rings (SSSR count). The standard InChI is InChI=1S/C22H32N2O4SeSi/c1-22(2,3)30(4,5)27-15-16-11-12-18(29-17-9-7-6-8-10-17)20(28-16)24-14-13-19(25)23-21(24)26/h6-10,13-14,16,18,20H,11-12,15H2,1-5H3,(H,23,25,26)/t16-,18+,20+/m0/s1. The number of ether oxygens (including phenoxy) is 1. The molecule has 0 saturated carbocycles. The van der Waals surface area contributed by atoms with Gasteiger partial charge in [0.2, 0.25) is 0 Å². The van der Waals surface area contributed by atoms with Gasteiger partial charge >= 0.3 is 185 Å². The quantitative estimate of drug-likeness (QED) is 0.626. The maximum atomic E-state index is 12.5. The van der Waals surface area contributed by atoms with Crippen molar-refractivity contribution in [3.05, 3.63) is 63.4 Å². The first-order chi connectivity index (χ1) is 14.1. The Hall–Kier alpha value is -1.44. The fourth-order valence-electron chi connectivity index (χ4n) is 3.15. The van der Waals surface area contributed by atoms with Crippen molar-refractivity contribution in [3.63, 3.8) is 0 Å². The summed E-state index contributed by atoms with van der Waals surface area (Å²) >= 11 is 0.146. The average Bonchev–Trinajstić information content (AvgIpc) is 2.67. The Bertz CT molecular complexity index is 952. The predicted molar refractivity (Wildman–Crippen MR) is 123 cm³/mol. The van der Waals surface area contributed by atoms with Crippen LogP contribution in [-0.4, -0.2) is 45.5 Å². The van der Waals surface area contributed by atoms with Crippen LogP contribution in [0.3, 0.4) is 0 Å². The van der Waals surface area contributed by atoms with Crippen molar-refractivity contribution in [2.24, 2.45) is 0 Å². The molecule has 3 atom stereocenters. The molecule has 30 heavy (non-hydrogen) atoms. The van der Waals surface area contributed by atoms with Crippen LogP contribution in [0, 0.1) is 0 Å². The molecule has 0 radical (unpaired) electrons. The summed E-state index contributed by atoms with van der Waals surface area (Å²) in [5, 5.41) is 0.135. The van der Waals surface area contributed by atoms with E-state index in [1.807, 2.05) is 18.2 Å². The van der Waals surface area contributed by atoms with E-state index >= 15 is 0 Å². The minimum absolute atomic E-state index is 0.0641. The summed E-state index contributed by atoms with van der Waals surface area (Å²) in [5.41, 5.74) is -0.817. The zero-order chi connectivity index (χ0) is 21.9. The molecule has 2 aromatic rings. The number of H-pyrrole nitrogens is 1. The molecule has 1 saturated heterocycles. The topological polar surface area (TPSA) is 73.3 Å². The molecule has 0 aliphatic carbocycles. The predicted octanol–water partition coefficient (Wildman–Crippen LogP) is 3.05. The first-order valence-corrected chi connectivity index (χ1v) is 15.1. The fourth-order valence-corrected chi connectivity index (χ4v) is 6.76. The van der Waals surface area contributed by atoms with Gasteiger partial charge in [0, 0.05) is 0 Å². The number of rotatable bonds is 6. The summed E-state index contributed by atoms with van der Waals surface area (Å²) in [5.74, 6) is 0. The molecule has 0 bridgehead atoms. The average molecular weight is 496 g/mol. The zero-order valence-corrected chi connectivity index (χ0v) is 21.1. The molecule has 164 valence electrons. The van der Waals surface area contributed by atoms with Crippen LogP contribution in [0.2, 0.25) is 22.9 Å². The van der Waals surface area contributed by atoms with Crippen molar-refractivity contribution in [2.75, 3.05) is 6.61 Å². The van der Waals surface area contributed by atoms with Gasteiger partial charge in [-0.3, -0.25) is 0 Å². The summed E-state index contributed by atoms with van der Waals surface area (Å²) in [7, 11) is -1.88. The van der Waals surface area contributed by atoms with E-state index in [1.54, 1.807) is 6.20 Å². The summed E-state index contributed by atoms with van der Waals surface area (Å²) in [6.45, 7) is 11.7. The molecule has 0 unspecified atom stereocenters. The van der Waals surface area contributed by atoms with E-state index in [-0.39, 0.29) is 30.9 Å². The van der Waals surface area contributed by atoms with Crippen LogP contribution in [0.1, 0.15) is 39.8 Å². The molecule has 1 N–H and O–H groups in total. The molecule has 1 aromatic heterocycles. The molecule has 6 nitrogen and oxygen atoms in total. The van der Waals surface area contributed by atoms with E-state index in [9.17, 15) is 9.59 Å². The first kappa shape index (κ1) is 23.2. The van der Waals surface area contributed by atoms with Crippen LogP contribution in [0.15, 0.2) is 52.2 Å². The van der Waals surface area contributed by atoms with Gasteiger partial charge in [-0.05, 0) is 0 Å². The Morgan fingerprint density at radius 1 is 1.17 bits per heavy atom. The van der Waals surface area contributed by atoms with Crippen LogP contribution in [-0.2, 0) is 9.16 Å². The Kier molecular flexibility index (Phi) is 7.25. The number of hydrogen-bond donors (Lipinski definition) is 1. The SMILES string of the molecule is CC(C)(C)[Si](C)(C)OC[C@@H]1CC[C@@H]([Se]c2ccccc2)[C@H](n2ccc(=O)[nH]c2=O)O1. The molecule has 1 aromatic carbocycles. The second-order valence-corrected chi connectivity index (χ2v) is 16.8. The van der Waals surface area contributed by atoms with Crippen LogP contribution >= 0.6 is 0 Å². The van der Waals surface area contributed by atoms with Gasteiger partial charge in [-0.25, -0.2) is 0 Å². The van der Waals surface area contributed by atoms with E-state index in [4.69, 9.17) is 9.16 Å². The van der Waals surface area contributed by atoms with Crippen molar-refractivity contribution in [2.45, 2.75) is 68.9 Å². The van der Waals surface area contributed by atoms with Crippen molar-refractivity contribution in [1.82, 2.24) is 9.55 Å². The number of nitrogens with one attached hydrogen (secondary N) is 1. The van der Waals surface area contributed by atoms with Crippen molar-refractivity contribution < 1.29 is 9.16 Å². The van der Waals surface area contributed by atoms with E-state index in [1.165, 1.54) is 15.1 Å². The molecule has 0 spiro atoms. The Morgan fingerprint density at radius 2 is 1.87 bits per heavy atom. The number of benzene rings is 1. The number of aromatic amines is 1. The first-order valence-electron chi connectivity index (χ1n) is 10.4. The van der Waals surface area contributed by atoms with E-state index < -0.39 is 25.8 Å². The number of nitrogens with zero attached hydrogens (tertiary/aromatic N) is 1. The molecule has 1 aliphatic heterocycles. The van der Waals surface area contributed by atoms with Crippen LogP contribution in [0.4, 0.5) is 0 Å². The van der Waals surface area contributed by atoms with Crippen molar-refractivity contribution in [1.29, 1.82) is 0 Å². The van der Waals surface area contributed by atoms with Crippen LogP contribution < -0.4 is 15.7 Å². The third kappa shape index (κ3) is 5.62. The summed E-state index contributed by atoms with van der Waals surface area (Å²) < 4.78 is 15.6. The molecular weight excluding hydrogens is 463 g/mol. The van der Waals surface area contributed by atoms with E-state index in [2.05, 4.69) is 51.0 Å². The molecule has 2 heterocycles. The summed E-state index contributed by atoms with van der Waals surface area (Å²) in [4.78, 5) is 26.6. The van der Waals surface area contributed by atoms with Crippen LogP contribution in [0.5, 0.6) is 0 Å². The summed E-state index contributed by atoms with van der Waals surface area (Å²) in [6, 6.07) is 11.7. The molecule has 1 aliphatic rings. The van der Waals surface area contributed by atoms with Gasteiger partial charge in [-0.2, -0.15) is 0 Å². The van der Waals surface area contributed by atoms with Crippen molar-refractivity contribution >= 4 is 27.7 Å². The molecule has 1 fully saturated rings. The van der Waals surface area contributed by atoms with Gasteiger partial charge in [-0.15, -0.1) is 0 Å². The Labute approximate surface area is 185 Å². The molecule has 8 heteroatoms. The van der Waals surface area contributed by atoms with Crippen LogP contribution in [0.25, 0.3) is 0 Å². The van der Waals surface area contributed by atoms with Gasteiger partial charge in [-0.1, -0.05) is 0 Å². The third-order valence-electron chi connectivity index (χ3n) is 6.02. The molecule has 0 amide bonds. The van der Waals surface area contributed by atoms with Gasteiger partial charge < -0.3 is 0 Å². The van der Waals surface area contributed by atoms with E-state index in [0.717, 1.165) is 12.8 Å². The normalized spacial score (nSPS) is 22.8. The van der Waals surface area contributed by atoms with Gasteiger partial charge in [0.25, 0.3) is 0 Å². The number of hydrogen-bond acceptors (Lipinski definition) is 4. The minimum atomic E-state index is -1.88. The monoisotopic (exact) mass is 496 g/mol. The van der Waals surface area contributed by atoms with Crippen molar-refractivity contribution in [3.8, 4) is 0 Å². The Morgan fingerprint density at radius 3 is 2.50 bits per heavy atom. The fraction of sp³-hybridized carbons (Fsp3) is 0.545. The van der Waals surface area contributed by atoms with Gasteiger partial charge in [0.1, 0.15) is 0 Å². The maximum absolute atomic E-state index is 12.5.